The summed E-state index contributed by atoms with van der Waals surface area (Å²) < 4.78 is 21.2. The maximum absolute atomic E-state index is 10.4. The fraction of sp³-hybridized carbons (Fsp3) is 0.923. The Kier molecular flexibility index (Phi) is 32.9. The van der Waals surface area contributed by atoms with Gasteiger partial charge in [0.15, 0.2) is 0 Å². The smallest absolute Gasteiger partial charge is 0.547 e. The van der Waals surface area contributed by atoms with Crippen molar-refractivity contribution in [3.05, 3.63) is 0 Å². The minimum atomic E-state index is -1.18. The van der Waals surface area contributed by atoms with E-state index in [9.17, 15) is 19.8 Å². The van der Waals surface area contributed by atoms with Crippen molar-refractivity contribution >= 4 is 60.8 Å². The number of carbonyl (C=O) groups excluding carboxylic acids is 2. The molecule has 0 saturated carbocycles. The number of rotatable bonds is 22. The molecule has 0 bridgehead atoms. The molecular weight excluding hydrogens is 578 g/mol. The standard InChI is InChI=1S/2C13H26O4.Ba/c2*1-4-5-6-7-8-9-16-11(2)10-17-12(3)13(14)15;/h2*11-12H,4-10H2,1-3H3,(H,14,15);/q;;+2/p-2. The molecule has 0 heterocycles. The van der Waals surface area contributed by atoms with E-state index in [-0.39, 0.29) is 61.1 Å². The third kappa shape index (κ3) is 30.5. The van der Waals surface area contributed by atoms with E-state index in [1.54, 1.807) is 0 Å². The fourth-order valence-corrected chi connectivity index (χ4v) is 2.77. The molecule has 0 radical (unpaired) electrons. The summed E-state index contributed by atoms with van der Waals surface area (Å²) in [6.45, 7) is 13.1. The van der Waals surface area contributed by atoms with Crippen LogP contribution in [0.4, 0.5) is 0 Å². The average Bonchev–Trinajstić information content (AvgIpc) is 2.80. The van der Waals surface area contributed by atoms with E-state index >= 15 is 0 Å². The Morgan fingerprint density at radius 3 is 1.17 bits per heavy atom. The number of carbonyl (C=O) groups is 2. The summed E-state index contributed by atoms with van der Waals surface area (Å²) in [5.41, 5.74) is 0. The molecule has 204 valence electrons. The van der Waals surface area contributed by atoms with Gasteiger partial charge in [0.2, 0.25) is 0 Å². The van der Waals surface area contributed by atoms with Gasteiger partial charge in [0, 0.05) is 13.2 Å². The van der Waals surface area contributed by atoms with Crippen molar-refractivity contribution < 1.29 is 38.7 Å². The molecule has 35 heavy (non-hydrogen) atoms. The summed E-state index contributed by atoms with van der Waals surface area (Å²) in [6.07, 6.45) is 10.2. The molecule has 0 rings (SSSR count). The van der Waals surface area contributed by atoms with Crippen molar-refractivity contribution in [3.8, 4) is 0 Å². The van der Waals surface area contributed by atoms with Gasteiger partial charge in [0.1, 0.15) is 0 Å². The molecule has 0 aromatic rings. The SMILES string of the molecule is CCCCCCCOC(C)COC(C)C(=O)[O-].CCCCCCCOC(C)COC(C)C(=O)[O-].[Ba+2]. The average molecular weight is 628 g/mol. The summed E-state index contributed by atoms with van der Waals surface area (Å²) >= 11 is 0. The molecule has 0 aliphatic rings. The van der Waals surface area contributed by atoms with Crippen LogP contribution in [0.1, 0.15) is 106 Å². The number of unbranched alkanes of at least 4 members (excludes halogenated alkanes) is 8. The molecule has 0 N–H and O–H groups in total. The first-order valence-electron chi connectivity index (χ1n) is 13.0. The van der Waals surface area contributed by atoms with Crippen molar-refractivity contribution in [2.24, 2.45) is 0 Å². The van der Waals surface area contributed by atoms with Crippen LogP contribution < -0.4 is 10.2 Å². The maximum Gasteiger partial charge on any atom is 2.00 e. The number of hydrogen-bond acceptors (Lipinski definition) is 8. The predicted molar refractivity (Wildman–Crippen MR) is 135 cm³/mol. The topological polar surface area (TPSA) is 117 Å². The first kappa shape index (κ1) is 39.9. The monoisotopic (exact) mass is 628 g/mol. The van der Waals surface area contributed by atoms with E-state index in [1.807, 2.05) is 13.8 Å². The molecule has 4 unspecified atom stereocenters. The molecule has 0 aliphatic heterocycles. The molecule has 0 aromatic carbocycles. The Morgan fingerprint density at radius 1 is 0.571 bits per heavy atom. The Hall–Kier alpha value is 0.351. The third-order valence-electron chi connectivity index (χ3n) is 5.13. The normalized spacial score (nSPS) is 14.1. The van der Waals surface area contributed by atoms with Gasteiger partial charge in [0.25, 0.3) is 0 Å². The third-order valence-corrected chi connectivity index (χ3v) is 5.13. The molecule has 4 atom stereocenters. The van der Waals surface area contributed by atoms with E-state index in [0.29, 0.717) is 26.4 Å². The summed E-state index contributed by atoms with van der Waals surface area (Å²) in [7, 11) is 0. The van der Waals surface area contributed by atoms with Crippen molar-refractivity contribution in [2.75, 3.05) is 26.4 Å². The Labute approximate surface area is 254 Å². The van der Waals surface area contributed by atoms with E-state index in [4.69, 9.17) is 18.9 Å². The predicted octanol–water partition coefficient (Wildman–Crippen LogP) is 2.65. The van der Waals surface area contributed by atoms with E-state index in [0.717, 1.165) is 12.8 Å². The van der Waals surface area contributed by atoms with Crippen LogP contribution in [0.15, 0.2) is 0 Å². The van der Waals surface area contributed by atoms with Gasteiger partial charge in [-0.3, -0.25) is 0 Å². The van der Waals surface area contributed by atoms with Gasteiger partial charge in [0.05, 0.1) is 49.6 Å². The zero-order valence-electron chi connectivity index (χ0n) is 23.2. The van der Waals surface area contributed by atoms with E-state index in [1.165, 1.54) is 65.2 Å². The van der Waals surface area contributed by atoms with Crippen LogP contribution in [0.2, 0.25) is 0 Å². The largest absolute Gasteiger partial charge is 2.00 e. The second-order valence-corrected chi connectivity index (χ2v) is 8.78. The van der Waals surface area contributed by atoms with Gasteiger partial charge >= 0.3 is 48.9 Å². The quantitative estimate of drug-likeness (QED) is 0.133. The Balaban J connectivity index is -0.000000569. The van der Waals surface area contributed by atoms with Crippen LogP contribution in [-0.2, 0) is 28.5 Å². The molecule has 0 aromatic heterocycles. The van der Waals surface area contributed by atoms with Gasteiger partial charge in [-0.1, -0.05) is 65.2 Å². The first-order chi connectivity index (χ1) is 16.1. The number of aliphatic carboxylic acids is 2. The van der Waals surface area contributed by atoms with E-state index < -0.39 is 24.1 Å². The first-order valence-corrected chi connectivity index (χ1v) is 13.0. The Morgan fingerprint density at radius 2 is 0.886 bits per heavy atom. The second kappa shape index (κ2) is 28.9. The summed E-state index contributed by atoms with van der Waals surface area (Å²) in [4.78, 5) is 20.8. The van der Waals surface area contributed by atoms with Gasteiger partial charge in [-0.25, -0.2) is 0 Å². The van der Waals surface area contributed by atoms with Gasteiger partial charge < -0.3 is 38.7 Å². The van der Waals surface area contributed by atoms with Crippen LogP contribution in [0.5, 0.6) is 0 Å². The van der Waals surface area contributed by atoms with Crippen molar-refractivity contribution in [1.29, 1.82) is 0 Å². The molecule has 9 heteroatoms. The van der Waals surface area contributed by atoms with Crippen LogP contribution in [-0.4, -0.2) is 112 Å². The number of carboxylic acid groups (broad SMARTS) is 2. The van der Waals surface area contributed by atoms with Crippen LogP contribution in [0, 0.1) is 0 Å². The van der Waals surface area contributed by atoms with Crippen molar-refractivity contribution in [3.63, 3.8) is 0 Å². The van der Waals surface area contributed by atoms with Gasteiger partial charge in [-0.2, -0.15) is 0 Å². The van der Waals surface area contributed by atoms with Crippen LogP contribution >= 0.6 is 0 Å². The minimum Gasteiger partial charge on any atom is -0.547 e. The molecule has 0 saturated heterocycles. The molecule has 0 aliphatic carbocycles. The van der Waals surface area contributed by atoms with Gasteiger partial charge in [-0.15, -0.1) is 0 Å². The molecule has 0 spiro atoms. The fourth-order valence-electron chi connectivity index (χ4n) is 2.77. The molecule has 8 nitrogen and oxygen atoms in total. The Bertz CT molecular complexity index is 436. The second-order valence-electron chi connectivity index (χ2n) is 8.78. The zero-order valence-corrected chi connectivity index (χ0v) is 27.6. The minimum absolute atomic E-state index is 0. The van der Waals surface area contributed by atoms with Crippen molar-refractivity contribution in [1.82, 2.24) is 0 Å². The van der Waals surface area contributed by atoms with Crippen LogP contribution in [0.3, 0.4) is 0 Å². The van der Waals surface area contributed by atoms with E-state index in [2.05, 4.69) is 13.8 Å². The maximum atomic E-state index is 10.4. The number of carboxylic acids is 2. The molecule has 0 amide bonds. The van der Waals surface area contributed by atoms with Crippen molar-refractivity contribution in [2.45, 2.75) is 130 Å². The zero-order chi connectivity index (χ0) is 26.2. The molecular formula is C26H50BaO8. The summed E-state index contributed by atoms with van der Waals surface area (Å²) in [6, 6.07) is 0. The summed E-state index contributed by atoms with van der Waals surface area (Å²) in [5.74, 6) is -2.37. The molecule has 0 fully saturated rings. The van der Waals surface area contributed by atoms with Gasteiger partial charge in [-0.05, 0) is 40.5 Å². The summed E-state index contributed by atoms with van der Waals surface area (Å²) in [5, 5.41) is 20.8. The number of ether oxygens (including phenoxy) is 4. The van der Waals surface area contributed by atoms with Crippen LogP contribution in [0.25, 0.3) is 0 Å². The number of hydrogen-bond donors (Lipinski definition) is 0.